The van der Waals surface area contributed by atoms with Crippen LogP contribution in [0.25, 0.3) is 6.08 Å². The van der Waals surface area contributed by atoms with Crippen molar-refractivity contribution >= 4 is 41.2 Å². The molecule has 0 N–H and O–H groups in total. The maximum Gasteiger partial charge on any atom is 0.330 e. The zero-order chi connectivity index (χ0) is 35.3. The van der Waals surface area contributed by atoms with E-state index in [9.17, 15) is 19.2 Å². The van der Waals surface area contributed by atoms with Crippen LogP contribution >= 0.6 is 0 Å². The molecule has 50 heavy (non-hydrogen) atoms. The molecule has 2 heterocycles. The monoisotopic (exact) mass is 672 g/mol. The number of hydrogen-bond donors (Lipinski definition) is 0. The number of esters is 2. The summed E-state index contributed by atoms with van der Waals surface area (Å²) in [5, 5.41) is 0. The van der Waals surface area contributed by atoms with Crippen molar-refractivity contribution in [2.24, 2.45) is 0 Å². The third kappa shape index (κ3) is 9.35. The van der Waals surface area contributed by atoms with Gasteiger partial charge in [-0.05, 0) is 110 Å². The van der Waals surface area contributed by atoms with Gasteiger partial charge in [0.15, 0.2) is 0 Å². The van der Waals surface area contributed by atoms with E-state index < -0.39 is 5.97 Å². The maximum atomic E-state index is 13.0. The lowest BCUT2D eigenvalue weighted by molar-refractivity contribution is -0.140. The fourth-order valence-corrected chi connectivity index (χ4v) is 6.25. The lowest BCUT2D eigenvalue weighted by atomic mass is 10.1. The SMILES string of the molecule is COC(=O)C=Cc1ccc(C(=O)N2CCCCc3ccccc32)cc1.COC(=O)CCc1ccc(C(=O)N2CCCCc3ccccc32)cc1. The highest BCUT2D eigenvalue weighted by Crippen LogP contribution is 2.29. The molecule has 0 spiro atoms. The van der Waals surface area contributed by atoms with Crippen LogP contribution in [0.15, 0.2) is 103 Å². The van der Waals surface area contributed by atoms with E-state index in [4.69, 9.17) is 0 Å². The Morgan fingerprint density at radius 1 is 0.620 bits per heavy atom. The number of anilines is 2. The van der Waals surface area contributed by atoms with Gasteiger partial charge in [0.2, 0.25) is 0 Å². The van der Waals surface area contributed by atoms with Crippen LogP contribution in [0.3, 0.4) is 0 Å². The van der Waals surface area contributed by atoms with Gasteiger partial charge in [-0.3, -0.25) is 14.4 Å². The maximum absolute atomic E-state index is 13.0. The van der Waals surface area contributed by atoms with E-state index in [1.54, 1.807) is 18.2 Å². The Hall–Kier alpha value is -5.50. The minimum atomic E-state index is -0.402. The number of hydrogen-bond acceptors (Lipinski definition) is 6. The molecule has 2 aliphatic heterocycles. The van der Waals surface area contributed by atoms with E-state index in [1.807, 2.05) is 82.6 Å². The van der Waals surface area contributed by atoms with E-state index >= 15 is 0 Å². The number of carbonyl (C=O) groups is 4. The molecule has 0 aliphatic carbocycles. The Morgan fingerprint density at radius 3 is 1.62 bits per heavy atom. The van der Waals surface area contributed by atoms with E-state index in [-0.39, 0.29) is 17.8 Å². The smallest absolute Gasteiger partial charge is 0.330 e. The number of rotatable bonds is 7. The molecule has 0 saturated carbocycles. The van der Waals surface area contributed by atoms with Gasteiger partial charge in [-0.15, -0.1) is 0 Å². The summed E-state index contributed by atoms with van der Waals surface area (Å²) < 4.78 is 9.23. The molecule has 4 aromatic rings. The molecule has 2 amide bonds. The highest BCUT2D eigenvalue weighted by Gasteiger charge is 2.23. The fraction of sp³-hybridized carbons (Fsp3) is 0.286. The quantitative estimate of drug-likeness (QED) is 0.148. The topological polar surface area (TPSA) is 93.2 Å². The van der Waals surface area contributed by atoms with Gasteiger partial charge in [0.05, 0.1) is 14.2 Å². The first-order valence-electron chi connectivity index (χ1n) is 17.2. The normalized spacial score (nSPS) is 13.9. The number of amides is 2. The predicted octanol–water partition coefficient (Wildman–Crippen LogP) is 7.63. The van der Waals surface area contributed by atoms with Gasteiger partial charge in [-0.2, -0.15) is 0 Å². The molecule has 0 atom stereocenters. The van der Waals surface area contributed by atoms with E-state index in [2.05, 4.69) is 21.6 Å². The number of fused-ring (bicyclic) bond motifs is 2. The van der Waals surface area contributed by atoms with Crippen LogP contribution in [-0.4, -0.2) is 51.1 Å². The molecular formula is C42H44N2O6. The van der Waals surface area contributed by atoms with Gasteiger partial charge in [-0.25, -0.2) is 4.79 Å². The van der Waals surface area contributed by atoms with E-state index in [1.165, 1.54) is 31.4 Å². The summed E-state index contributed by atoms with van der Waals surface area (Å²) in [6.45, 7) is 1.49. The lowest BCUT2D eigenvalue weighted by Gasteiger charge is -2.23. The molecule has 0 fully saturated rings. The van der Waals surface area contributed by atoms with Crippen molar-refractivity contribution < 1.29 is 28.7 Å². The molecule has 0 saturated heterocycles. The highest BCUT2D eigenvalue weighted by molar-refractivity contribution is 6.07. The van der Waals surface area contributed by atoms with Crippen molar-refractivity contribution in [3.05, 3.63) is 137 Å². The summed E-state index contributed by atoms with van der Waals surface area (Å²) >= 11 is 0. The van der Waals surface area contributed by atoms with Crippen molar-refractivity contribution in [3.8, 4) is 0 Å². The van der Waals surface area contributed by atoms with Crippen molar-refractivity contribution in [1.82, 2.24) is 0 Å². The first-order chi connectivity index (χ1) is 24.4. The summed E-state index contributed by atoms with van der Waals surface area (Å²) in [7, 11) is 2.73. The van der Waals surface area contributed by atoms with Crippen molar-refractivity contribution in [3.63, 3.8) is 0 Å². The Bertz CT molecular complexity index is 1810. The molecule has 8 heteroatoms. The second-order valence-corrected chi connectivity index (χ2v) is 12.3. The third-order valence-electron chi connectivity index (χ3n) is 9.03. The molecule has 0 radical (unpaired) electrons. The molecule has 6 rings (SSSR count). The van der Waals surface area contributed by atoms with Crippen LogP contribution in [0.4, 0.5) is 11.4 Å². The van der Waals surface area contributed by atoms with E-state index in [0.29, 0.717) is 24.0 Å². The van der Waals surface area contributed by atoms with Crippen molar-refractivity contribution in [2.75, 3.05) is 37.1 Å². The second-order valence-electron chi connectivity index (χ2n) is 12.3. The number of aryl methyl sites for hydroxylation is 3. The van der Waals surface area contributed by atoms with Crippen LogP contribution in [0.5, 0.6) is 0 Å². The Labute approximate surface area is 294 Å². The summed E-state index contributed by atoms with van der Waals surface area (Å²) in [5.74, 6) is -0.575. The predicted molar refractivity (Wildman–Crippen MR) is 196 cm³/mol. The highest BCUT2D eigenvalue weighted by atomic mass is 16.5. The molecule has 0 unspecified atom stereocenters. The Balaban J connectivity index is 0.000000194. The lowest BCUT2D eigenvalue weighted by Crippen LogP contribution is -2.31. The summed E-state index contributed by atoms with van der Waals surface area (Å²) in [6.07, 6.45) is 10.2. The van der Waals surface area contributed by atoms with Gasteiger partial charge in [0.25, 0.3) is 11.8 Å². The number of nitrogens with zero attached hydrogens (tertiary/aromatic N) is 2. The number of carbonyl (C=O) groups excluding carboxylic acids is 4. The fourth-order valence-electron chi connectivity index (χ4n) is 6.25. The molecule has 8 nitrogen and oxygen atoms in total. The van der Waals surface area contributed by atoms with Crippen LogP contribution in [-0.2, 0) is 38.3 Å². The second kappa shape index (κ2) is 17.8. The molecule has 2 aliphatic rings. The van der Waals surface area contributed by atoms with Crippen LogP contribution in [0.1, 0.15) is 75.1 Å². The largest absolute Gasteiger partial charge is 0.469 e. The van der Waals surface area contributed by atoms with Gasteiger partial charge in [0.1, 0.15) is 0 Å². The third-order valence-corrected chi connectivity index (χ3v) is 9.03. The average Bonchev–Trinajstić information content (AvgIpc) is 3.53. The van der Waals surface area contributed by atoms with Crippen LogP contribution < -0.4 is 9.80 Å². The molecule has 4 aromatic carbocycles. The number of methoxy groups -OCH3 is 2. The summed E-state index contributed by atoms with van der Waals surface area (Å²) in [4.78, 5) is 52.1. The van der Waals surface area contributed by atoms with Crippen molar-refractivity contribution in [2.45, 2.75) is 51.4 Å². The minimum Gasteiger partial charge on any atom is -0.469 e. The Morgan fingerprint density at radius 2 is 1.12 bits per heavy atom. The molecule has 0 bridgehead atoms. The Kier molecular flexibility index (Phi) is 12.7. The molecule has 0 aromatic heterocycles. The number of para-hydroxylation sites is 2. The number of benzene rings is 4. The zero-order valence-electron chi connectivity index (χ0n) is 28.8. The zero-order valence-corrected chi connectivity index (χ0v) is 28.8. The average molecular weight is 673 g/mol. The summed E-state index contributed by atoms with van der Waals surface area (Å²) in [6, 6.07) is 31.1. The number of ether oxygens (including phenoxy) is 2. The first kappa shape index (κ1) is 35.8. The standard InChI is InChI=1S/C21H23NO3.C21H21NO3/c2*1-25-20(23)14-11-16-9-12-18(13-10-16)21(24)22-15-5-4-7-17-6-2-3-8-19(17)22/h2-3,6,8-10,12-13H,4-5,7,11,14-15H2,1H3;2-3,6,8-14H,4-5,7,15H2,1H3. The minimum absolute atomic E-state index is 0.0119. The molecule has 258 valence electrons. The first-order valence-corrected chi connectivity index (χ1v) is 17.2. The van der Waals surface area contributed by atoms with Crippen LogP contribution in [0.2, 0.25) is 0 Å². The van der Waals surface area contributed by atoms with Crippen molar-refractivity contribution in [1.29, 1.82) is 0 Å². The summed E-state index contributed by atoms with van der Waals surface area (Å²) in [5.41, 5.74) is 7.70. The molecular weight excluding hydrogens is 628 g/mol. The van der Waals surface area contributed by atoms with Gasteiger partial charge in [0, 0.05) is 48.1 Å². The van der Waals surface area contributed by atoms with Gasteiger partial charge < -0.3 is 19.3 Å². The van der Waals surface area contributed by atoms with E-state index in [0.717, 1.165) is 74.1 Å². The van der Waals surface area contributed by atoms with Gasteiger partial charge in [-0.1, -0.05) is 60.7 Å². The van der Waals surface area contributed by atoms with Gasteiger partial charge >= 0.3 is 11.9 Å². The van der Waals surface area contributed by atoms with Crippen LogP contribution in [0, 0.1) is 0 Å².